The predicted molar refractivity (Wildman–Crippen MR) is 285 cm³/mol. The van der Waals surface area contributed by atoms with Crippen molar-refractivity contribution in [2.45, 2.75) is 136 Å². The second kappa shape index (κ2) is 24.1. The number of carbonyl (C=O) groups excluding carboxylic acids is 8. The summed E-state index contributed by atoms with van der Waals surface area (Å²) in [7, 11) is 0. The van der Waals surface area contributed by atoms with Crippen LogP contribution < -0.4 is 32.6 Å². The number of fused-ring (bicyclic) bond motifs is 5. The third kappa shape index (κ3) is 14.1. The first-order valence-corrected chi connectivity index (χ1v) is 26.3. The number of cyclic esters (lactones) is 1. The number of nitrogens with zero attached hydrogens (tertiary/aromatic N) is 4. The SMILES string of the molecule is CC[C@@]1(O)C(=O)OCc2c1cc1n(c2=O)Cc2c-1nc1cc(F)c(C)c3c1c2[C@@H](NC(=O)CCCN(CC(N)=O)C(=O)[C@H](Cc1ccccc1)NC(=O)CNC(=O)CN(CCNC(=O)OC(C)(C)C)CC(=O)OC(C)(C)C)CC3. The number of nitrogens with two attached hydrogens (primary N) is 1. The topological polar surface area (TPSA) is 300 Å². The number of carbonyl (C=O) groups is 8. The molecule has 0 spiro atoms. The minimum atomic E-state index is -2.07. The Labute approximate surface area is 456 Å². The van der Waals surface area contributed by atoms with Crippen LogP contribution in [0.3, 0.4) is 0 Å². The molecule has 2 aromatic carbocycles. The number of alkyl carbamates (subject to hydrolysis) is 1. The number of hydrogen-bond acceptors (Lipinski definition) is 15. The van der Waals surface area contributed by atoms with Crippen LogP contribution >= 0.6 is 0 Å². The van der Waals surface area contributed by atoms with E-state index < -0.39 is 101 Å². The molecule has 7 rings (SSSR count). The average molecular weight is 1100 g/mol. The monoisotopic (exact) mass is 1100 g/mol. The third-order valence-corrected chi connectivity index (χ3v) is 13.8. The molecule has 3 aliphatic rings. The maximum absolute atomic E-state index is 15.5. The molecule has 79 heavy (non-hydrogen) atoms. The number of amides is 6. The minimum absolute atomic E-state index is 0.00738. The Hall–Kier alpha value is -7.79. The van der Waals surface area contributed by atoms with E-state index in [1.165, 1.54) is 15.5 Å². The number of aryl methyl sites for hydroxylation is 1. The summed E-state index contributed by atoms with van der Waals surface area (Å²) in [5.41, 5.74) is 5.83. The van der Waals surface area contributed by atoms with Gasteiger partial charge in [0.05, 0.1) is 61.2 Å². The van der Waals surface area contributed by atoms with Crippen molar-refractivity contribution in [3.05, 3.63) is 97.6 Å². The molecule has 4 heterocycles. The average Bonchev–Trinajstić information content (AvgIpc) is 4.04. The van der Waals surface area contributed by atoms with Crippen LogP contribution in [0.5, 0.6) is 0 Å². The Balaban J connectivity index is 1.03. The quantitative estimate of drug-likeness (QED) is 0.0455. The number of hydrogen-bond donors (Lipinski definition) is 6. The second-order valence-corrected chi connectivity index (χ2v) is 22.1. The van der Waals surface area contributed by atoms with Gasteiger partial charge < -0.3 is 55.8 Å². The lowest BCUT2D eigenvalue weighted by atomic mass is 9.81. The van der Waals surface area contributed by atoms with E-state index in [0.717, 1.165) is 10.5 Å². The summed E-state index contributed by atoms with van der Waals surface area (Å²) in [6.45, 7) is 11.2. The van der Waals surface area contributed by atoms with Crippen molar-refractivity contribution in [3.8, 4) is 11.4 Å². The molecule has 22 nitrogen and oxygen atoms in total. The van der Waals surface area contributed by atoms with Gasteiger partial charge in [-0.15, -0.1) is 0 Å². The van der Waals surface area contributed by atoms with Crippen LogP contribution in [0, 0.1) is 12.7 Å². The fraction of sp³-hybridized carbons (Fsp3) is 0.500. The van der Waals surface area contributed by atoms with Gasteiger partial charge in [-0.1, -0.05) is 37.3 Å². The number of rotatable bonds is 21. The molecule has 4 aromatic rings. The summed E-state index contributed by atoms with van der Waals surface area (Å²) in [6, 6.07) is 9.74. The van der Waals surface area contributed by atoms with Gasteiger partial charge in [0.2, 0.25) is 29.5 Å². The van der Waals surface area contributed by atoms with Gasteiger partial charge >= 0.3 is 18.0 Å². The van der Waals surface area contributed by atoms with Crippen molar-refractivity contribution in [1.29, 1.82) is 0 Å². The molecule has 3 atom stereocenters. The molecule has 1 aliphatic carbocycles. The highest BCUT2D eigenvalue weighted by Crippen LogP contribution is 2.46. The normalized spacial score (nSPS) is 16.6. The summed E-state index contributed by atoms with van der Waals surface area (Å²) >= 11 is 0. The van der Waals surface area contributed by atoms with Crippen LogP contribution in [0.15, 0.2) is 47.3 Å². The van der Waals surface area contributed by atoms with Crippen molar-refractivity contribution >= 4 is 58.5 Å². The van der Waals surface area contributed by atoms with Crippen molar-refractivity contribution in [1.82, 2.24) is 40.6 Å². The Bertz CT molecular complexity index is 3130. The van der Waals surface area contributed by atoms with Gasteiger partial charge in [-0.2, -0.15) is 0 Å². The van der Waals surface area contributed by atoms with E-state index in [9.17, 15) is 48.3 Å². The van der Waals surface area contributed by atoms with Crippen LogP contribution in [-0.4, -0.2) is 135 Å². The highest BCUT2D eigenvalue weighted by Gasteiger charge is 2.46. The lowest BCUT2D eigenvalue weighted by molar-refractivity contribution is -0.172. The van der Waals surface area contributed by atoms with Gasteiger partial charge in [0.15, 0.2) is 5.60 Å². The van der Waals surface area contributed by atoms with Crippen molar-refractivity contribution in [2.24, 2.45) is 5.73 Å². The Morgan fingerprint density at radius 3 is 2.30 bits per heavy atom. The maximum atomic E-state index is 15.5. The van der Waals surface area contributed by atoms with Gasteiger partial charge in [-0.25, -0.2) is 19.0 Å². The summed E-state index contributed by atoms with van der Waals surface area (Å²) in [5, 5.41) is 23.0. The van der Waals surface area contributed by atoms with E-state index in [4.69, 9.17) is 24.9 Å². The van der Waals surface area contributed by atoms with Gasteiger partial charge in [-0.05, 0) is 102 Å². The fourth-order valence-electron chi connectivity index (χ4n) is 10.2. The zero-order valence-corrected chi connectivity index (χ0v) is 45.9. The first kappa shape index (κ1) is 58.9. The number of halogens is 1. The lowest BCUT2D eigenvalue weighted by Gasteiger charge is -2.31. The number of ether oxygens (including phenoxy) is 3. The molecule has 0 bridgehead atoms. The summed E-state index contributed by atoms with van der Waals surface area (Å²) in [5.74, 6) is -5.35. The molecule has 0 radical (unpaired) electrons. The largest absolute Gasteiger partial charge is 0.459 e. The fourth-order valence-corrected chi connectivity index (χ4v) is 10.2. The molecule has 0 saturated heterocycles. The predicted octanol–water partition coefficient (Wildman–Crippen LogP) is 2.74. The minimum Gasteiger partial charge on any atom is -0.459 e. The highest BCUT2D eigenvalue weighted by atomic mass is 19.1. The molecule has 6 amide bonds. The third-order valence-electron chi connectivity index (χ3n) is 13.8. The molecule has 424 valence electrons. The van der Waals surface area contributed by atoms with Crippen molar-refractivity contribution < 1.29 is 62.1 Å². The van der Waals surface area contributed by atoms with Crippen LogP contribution in [0.4, 0.5) is 9.18 Å². The van der Waals surface area contributed by atoms with Crippen molar-refractivity contribution in [3.63, 3.8) is 0 Å². The van der Waals surface area contributed by atoms with Gasteiger partial charge in [0.25, 0.3) is 5.56 Å². The van der Waals surface area contributed by atoms with E-state index in [2.05, 4.69) is 21.3 Å². The molecule has 7 N–H and O–H groups in total. The van der Waals surface area contributed by atoms with Crippen molar-refractivity contribution in [2.75, 3.05) is 45.8 Å². The van der Waals surface area contributed by atoms with Gasteiger partial charge in [0, 0.05) is 55.1 Å². The van der Waals surface area contributed by atoms with Crippen LogP contribution in [0.25, 0.3) is 22.3 Å². The van der Waals surface area contributed by atoms with Crippen LogP contribution in [0.2, 0.25) is 0 Å². The Morgan fingerprint density at radius 1 is 0.924 bits per heavy atom. The highest BCUT2D eigenvalue weighted by molar-refractivity contribution is 5.95. The smallest absolute Gasteiger partial charge is 0.407 e. The number of esters is 2. The maximum Gasteiger partial charge on any atom is 0.407 e. The zero-order chi connectivity index (χ0) is 57.7. The van der Waals surface area contributed by atoms with Gasteiger partial charge in [-0.3, -0.25) is 38.5 Å². The first-order chi connectivity index (χ1) is 37.2. The van der Waals surface area contributed by atoms with Crippen LogP contribution in [0.1, 0.15) is 119 Å². The summed E-state index contributed by atoms with van der Waals surface area (Å²) in [6.07, 6.45) is -0.111. The standard InChI is InChI=1S/C56H70FN9O13/c1-9-56(76)36-23-41-49-34(26-66(41)50(72)35(36)30-77-52(56)74)48-38(18-17-33-31(2)37(57)24-39(63-49)47(33)48)61-43(68)16-13-20-65(27-42(58)67)51(73)40(22-32-14-11-10-12-15-32)62-44(69)25-60-45(70)28-64(29-46(71)78-54(3,4)5)21-19-59-53(75)79-55(6,7)8/h10-12,14-15,23-24,38,40,76H,9,13,16-22,25-30H2,1-8H3,(H2,58,67)(H,59,75)(H,60,70)(H,61,68)(H,62,69)/t38-,40-,56-/m0/s1. The molecule has 0 fully saturated rings. The second-order valence-electron chi connectivity index (χ2n) is 22.1. The van der Waals surface area contributed by atoms with Crippen LogP contribution in [-0.2, 0) is 79.4 Å². The lowest BCUT2D eigenvalue weighted by Crippen LogP contribution is -2.54. The molecule has 23 heteroatoms. The number of nitrogens with one attached hydrogen (secondary N) is 4. The zero-order valence-electron chi connectivity index (χ0n) is 45.9. The molecule has 2 aromatic heterocycles. The molecular formula is C56H70FN9O13. The number of aromatic nitrogens is 2. The molecule has 2 aliphatic heterocycles. The van der Waals surface area contributed by atoms with Gasteiger partial charge in [0.1, 0.15) is 29.7 Å². The van der Waals surface area contributed by atoms with E-state index in [1.807, 2.05) is 0 Å². The molecular weight excluding hydrogens is 1030 g/mol. The Morgan fingerprint density at radius 2 is 1.63 bits per heavy atom. The van der Waals surface area contributed by atoms with E-state index in [1.54, 1.807) is 91.8 Å². The Kier molecular flexibility index (Phi) is 17.9. The summed E-state index contributed by atoms with van der Waals surface area (Å²) < 4.78 is 32.9. The first-order valence-electron chi connectivity index (χ1n) is 26.3. The summed E-state index contributed by atoms with van der Waals surface area (Å²) in [4.78, 5) is 127. The van der Waals surface area contributed by atoms with E-state index >= 15 is 4.39 Å². The van der Waals surface area contributed by atoms with E-state index in [-0.39, 0.29) is 82.7 Å². The number of aliphatic hydroxyl groups is 1. The molecule has 0 unspecified atom stereocenters. The number of pyridine rings is 2. The molecule has 0 saturated carbocycles. The number of benzene rings is 2. The number of primary amides is 1. The van der Waals surface area contributed by atoms with E-state index in [0.29, 0.717) is 57.4 Å².